The topological polar surface area (TPSA) is 55.5 Å². The highest BCUT2D eigenvalue weighted by Crippen LogP contribution is 2.04. The fourth-order valence-electron chi connectivity index (χ4n) is 1.05. The van der Waals surface area contributed by atoms with Crippen molar-refractivity contribution in [2.75, 3.05) is 12.8 Å². The van der Waals surface area contributed by atoms with Crippen molar-refractivity contribution in [2.45, 2.75) is 6.54 Å². The normalized spacial score (nSPS) is 11.4. The van der Waals surface area contributed by atoms with Crippen LogP contribution in [0.15, 0.2) is 35.3 Å². The lowest BCUT2D eigenvalue weighted by molar-refractivity contribution is -0.462. The summed E-state index contributed by atoms with van der Waals surface area (Å²) in [4.78, 5) is 14.1. The number of rotatable bonds is 4. The van der Waals surface area contributed by atoms with Gasteiger partial charge in [-0.2, -0.15) is 0 Å². The van der Waals surface area contributed by atoms with E-state index in [1.165, 1.54) is 11.8 Å². The molecule has 0 fully saturated rings. The fraction of sp³-hybridized carbons (Fsp3) is 0.300. The highest BCUT2D eigenvalue weighted by molar-refractivity contribution is 8.13. The van der Waals surface area contributed by atoms with Crippen LogP contribution in [0.1, 0.15) is 5.56 Å². The quantitative estimate of drug-likeness (QED) is 0.341. The molecule has 0 bridgehead atoms. The number of aliphatic imine (C=N–C) groups is 1. The van der Waals surface area contributed by atoms with Crippen LogP contribution in [0.4, 0.5) is 0 Å². The van der Waals surface area contributed by atoms with E-state index >= 15 is 0 Å². The van der Waals surface area contributed by atoms with Crippen molar-refractivity contribution in [3.63, 3.8) is 0 Å². The molecular formula is C10H12N2O2S. The van der Waals surface area contributed by atoms with Crippen LogP contribution in [0.25, 0.3) is 0 Å². The third-order valence-corrected chi connectivity index (χ3v) is 2.51. The van der Waals surface area contributed by atoms with Crippen LogP contribution in [0, 0.1) is 10.1 Å². The highest BCUT2D eigenvalue weighted by atomic mass is 32.2. The molecule has 15 heavy (non-hydrogen) atoms. The summed E-state index contributed by atoms with van der Waals surface area (Å²) in [5.74, 6) is 0. The predicted octanol–water partition coefficient (Wildman–Crippen LogP) is 2.22. The van der Waals surface area contributed by atoms with E-state index < -0.39 is 0 Å². The maximum atomic E-state index is 10.3. The minimum Gasteiger partial charge on any atom is -0.272 e. The molecule has 0 heterocycles. The first-order chi connectivity index (χ1) is 7.22. The van der Waals surface area contributed by atoms with Gasteiger partial charge in [0.15, 0.2) is 0 Å². The zero-order valence-electron chi connectivity index (χ0n) is 8.42. The first-order valence-electron chi connectivity index (χ1n) is 4.45. The fourth-order valence-corrected chi connectivity index (χ4v) is 1.48. The van der Waals surface area contributed by atoms with Gasteiger partial charge in [0.25, 0.3) is 6.54 Å². The zero-order valence-corrected chi connectivity index (χ0v) is 9.24. The largest absolute Gasteiger partial charge is 0.272 e. The standard InChI is InChI=1S/C10H12N2O2S/c1-15-10(8-12(13)14)11-7-9-5-3-2-4-6-9/h2-6H,7-8H2,1H3. The summed E-state index contributed by atoms with van der Waals surface area (Å²) in [6.45, 7) is 0.318. The van der Waals surface area contributed by atoms with Gasteiger partial charge in [-0.15, -0.1) is 11.8 Å². The maximum Gasteiger partial charge on any atom is 0.251 e. The van der Waals surface area contributed by atoms with Crippen molar-refractivity contribution in [1.29, 1.82) is 0 Å². The van der Waals surface area contributed by atoms with Gasteiger partial charge in [-0.1, -0.05) is 30.3 Å². The van der Waals surface area contributed by atoms with Crippen molar-refractivity contribution in [2.24, 2.45) is 4.99 Å². The van der Waals surface area contributed by atoms with Crippen LogP contribution in [0.3, 0.4) is 0 Å². The molecule has 0 aromatic heterocycles. The number of nitro groups is 1. The molecule has 0 aliphatic rings. The summed E-state index contributed by atoms with van der Waals surface area (Å²) in [6, 6.07) is 9.69. The Morgan fingerprint density at radius 3 is 2.67 bits per heavy atom. The lowest BCUT2D eigenvalue weighted by atomic mass is 10.2. The van der Waals surface area contributed by atoms with E-state index in [0.29, 0.717) is 11.6 Å². The molecule has 0 saturated heterocycles. The Labute approximate surface area is 92.6 Å². The summed E-state index contributed by atoms with van der Waals surface area (Å²) in [7, 11) is 0. The van der Waals surface area contributed by atoms with Crippen LogP contribution in [0.2, 0.25) is 0 Å². The SMILES string of the molecule is CSC(C[N+](=O)[O-])=NCc1ccccc1. The number of hydrogen-bond donors (Lipinski definition) is 0. The van der Waals surface area contributed by atoms with Crippen molar-refractivity contribution in [3.05, 3.63) is 46.0 Å². The van der Waals surface area contributed by atoms with E-state index in [1.807, 2.05) is 30.3 Å². The number of hydrogen-bond acceptors (Lipinski definition) is 4. The molecule has 0 saturated carbocycles. The van der Waals surface area contributed by atoms with E-state index in [0.717, 1.165) is 5.56 Å². The first kappa shape index (κ1) is 11.7. The van der Waals surface area contributed by atoms with Crippen molar-refractivity contribution in [3.8, 4) is 0 Å². The van der Waals surface area contributed by atoms with E-state index in [-0.39, 0.29) is 11.5 Å². The Morgan fingerprint density at radius 2 is 2.13 bits per heavy atom. The van der Waals surface area contributed by atoms with Gasteiger partial charge in [-0.3, -0.25) is 15.1 Å². The average molecular weight is 224 g/mol. The molecule has 1 rings (SSSR count). The molecule has 0 radical (unpaired) electrons. The molecule has 5 heteroatoms. The molecule has 80 valence electrons. The Morgan fingerprint density at radius 1 is 1.47 bits per heavy atom. The Bertz CT molecular complexity index is 352. The van der Waals surface area contributed by atoms with Crippen LogP contribution < -0.4 is 0 Å². The van der Waals surface area contributed by atoms with Crippen LogP contribution in [-0.2, 0) is 6.54 Å². The Kier molecular flexibility index (Phi) is 4.83. The monoisotopic (exact) mass is 224 g/mol. The summed E-state index contributed by atoms with van der Waals surface area (Å²) in [5.41, 5.74) is 1.06. The van der Waals surface area contributed by atoms with Gasteiger partial charge >= 0.3 is 0 Å². The molecular weight excluding hydrogens is 212 g/mol. The van der Waals surface area contributed by atoms with Gasteiger partial charge in [0.1, 0.15) is 5.04 Å². The molecule has 0 N–H and O–H groups in total. The third-order valence-electron chi connectivity index (χ3n) is 1.78. The third kappa shape index (κ3) is 4.60. The maximum absolute atomic E-state index is 10.3. The minimum atomic E-state index is -0.361. The van der Waals surface area contributed by atoms with Crippen LogP contribution in [0.5, 0.6) is 0 Å². The number of benzene rings is 1. The number of nitrogens with zero attached hydrogens (tertiary/aromatic N) is 2. The molecule has 1 aromatic rings. The second-order valence-corrected chi connectivity index (χ2v) is 3.77. The van der Waals surface area contributed by atoms with E-state index in [9.17, 15) is 10.1 Å². The molecule has 0 aliphatic heterocycles. The van der Waals surface area contributed by atoms with Gasteiger partial charge in [-0.25, -0.2) is 0 Å². The van der Waals surface area contributed by atoms with Crippen LogP contribution >= 0.6 is 11.8 Å². The molecule has 0 aliphatic carbocycles. The van der Waals surface area contributed by atoms with Gasteiger partial charge in [0.2, 0.25) is 0 Å². The van der Waals surface area contributed by atoms with Gasteiger partial charge in [-0.05, 0) is 11.8 Å². The smallest absolute Gasteiger partial charge is 0.251 e. The van der Waals surface area contributed by atoms with E-state index in [2.05, 4.69) is 4.99 Å². The number of thioether (sulfide) groups is 1. The van der Waals surface area contributed by atoms with Gasteiger partial charge in [0, 0.05) is 4.92 Å². The summed E-state index contributed by atoms with van der Waals surface area (Å²) >= 11 is 1.33. The van der Waals surface area contributed by atoms with Gasteiger partial charge < -0.3 is 0 Å². The zero-order chi connectivity index (χ0) is 11.1. The molecule has 0 amide bonds. The second-order valence-electron chi connectivity index (χ2n) is 2.89. The molecule has 4 nitrogen and oxygen atoms in total. The van der Waals surface area contributed by atoms with Crippen molar-refractivity contribution >= 4 is 16.8 Å². The summed E-state index contributed by atoms with van der Waals surface area (Å²) in [5, 5.41) is 10.9. The highest BCUT2D eigenvalue weighted by Gasteiger charge is 2.04. The molecule has 0 spiro atoms. The molecule has 0 atom stereocenters. The van der Waals surface area contributed by atoms with Gasteiger partial charge in [0.05, 0.1) is 6.54 Å². The first-order valence-corrected chi connectivity index (χ1v) is 5.68. The Balaban J connectivity index is 2.58. The average Bonchev–Trinajstić information content (AvgIpc) is 2.25. The van der Waals surface area contributed by atoms with Crippen molar-refractivity contribution < 1.29 is 4.92 Å². The van der Waals surface area contributed by atoms with E-state index in [4.69, 9.17) is 0 Å². The lowest BCUT2D eigenvalue weighted by Gasteiger charge is -1.98. The summed E-state index contributed by atoms with van der Waals surface area (Å²) in [6.07, 6.45) is 1.80. The second kappa shape index (κ2) is 6.19. The van der Waals surface area contributed by atoms with E-state index in [1.54, 1.807) is 6.26 Å². The van der Waals surface area contributed by atoms with Crippen LogP contribution in [-0.4, -0.2) is 22.8 Å². The lowest BCUT2D eigenvalue weighted by Crippen LogP contribution is -2.10. The molecule has 1 aromatic carbocycles. The predicted molar refractivity (Wildman–Crippen MR) is 63.0 cm³/mol. The Hall–Kier alpha value is -1.36. The van der Waals surface area contributed by atoms with Crippen molar-refractivity contribution in [1.82, 2.24) is 0 Å². The summed E-state index contributed by atoms with van der Waals surface area (Å²) < 4.78 is 0. The molecule has 0 unspecified atom stereocenters. The minimum absolute atomic E-state index is 0.187.